The van der Waals surface area contributed by atoms with E-state index >= 15 is 0 Å². The van der Waals surface area contributed by atoms with E-state index in [1.807, 2.05) is 6.07 Å². The van der Waals surface area contributed by atoms with Crippen molar-refractivity contribution >= 4 is 44.9 Å². The molecule has 0 bridgehead atoms. The van der Waals surface area contributed by atoms with Crippen molar-refractivity contribution in [2.75, 3.05) is 0 Å². The van der Waals surface area contributed by atoms with Gasteiger partial charge in [-0.25, -0.2) is 0 Å². The van der Waals surface area contributed by atoms with Gasteiger partial charge in [-0.2, -0.15) is 0 Å². The van der Waals surface area contributed by atoms with Gasteiger partial charge in [-0.1, -0.05) is 11.6 Å². The molecule has 0 unspecified atom stereocenters. The number of ether oxygens (including phenoxy) is 1. The summed E-state index contributed by atoms with van der Waals surface area (Å²) >= 11 is 9.28. The molecule has 2 aromatic rings. The molecule has 1 aromatic carbocycles. The summed E-state index contributed by atoms with van der Waals surface area (Å²) in [5.74, 6) is 0.380. The van der Waals surface area contributed by atoms with E-state index < -0.39 is 0 Å². The van der Waals surface area contributed by atoms with E-state index in [2.05, 4.69) is 20.9 Å². The molecule has 0 saturated heterocycles. The molecule has 0 N–H and O–H groups in total. The summed E-state index contributed by atoms with van der Waals surface area (Å²) in [6, 6.07) is 5.26. The fourth-order valence-corrected chi connectivity index (χ4v) is 2.21. The van der Waals surface area contributed by atoms with Gasteiger partial charge in [0.15, 0.2) is 5.75 Å². The number of aromatic nitrogens is 1. The maximum atomic E-state index is 10.4. The number of carbonyl (C=O) groups excluding carboxylic acids is 1. The third-order valence-electron chi connectivity index (χ3n) is 1.92. The molecular weight excluding hydrogens is 281 g/mol. The number of nitrogens with zero attached hydrogens (tertiary/aromatic N) is 1. The number of hydrogen-bond acceptors (Lipinski definition) is 3. The molecule has 0 aliphatic rings. The van der Waals surface area contributed by atoms with Crippen LogP contribution in [0.1, 0.15) is 0 Å². The monoisotopic (exact) mass is 285 g/mol. The predicted molar refractivity (Wildman–Crippen MR) is 61.1 cm³/mol. The first-order chi connectivity index (χ1) is 7.24. The highest BCUT2D eigenvalue weighted by molar-refractivity contribution is 9.10. The van der Waals surface area contributed by atoms with E-state index in [9.17, 15) is 4.79 Å². The van der Waals surface area contributed by atoms with Gasteiger partial charge in [0.25, 0.3) is 6.47 Å². The van der Waals surface area contributed by atoms with Crippen LogP contribution in [-0.2, 0) is 4.79 Å². The van der Waals surface area contributed by atoms with Crippen LogP contribution in [-0.4, -0.2) is 11.5 Å². The van der Waals surface area contributed by atoms with Crippen LogP contribution >= 0.6 is 27.5 Å². The highest BCUT2D eigenvalue weighted by atomic mass is 79.9. The highest BCUT2D eigenvalue weighted by Gasteiger charge is 2.11. The molecule has 76 valence electrons. The van der Waals surface area contributed by atoms with Gasteiger partial charge < -0.3 is 4.74 Å². The van der Waals surface area contributed by atoms with Crippen LogP contribution in [0.5, 0.6) is 5.75 Å². The second kappa shape index (κ2) is 4.16. The van der Waals surface area contributed by atoms with Crippen LogP contribution in [0.2, 0.25) is 5.02 Å². The molecule has 0 amide bonds. The molecule has 2 rings (SSSR count). The van der Waals surface area contributed by atoms with Crippen molar-refractivity contribution in [3.05, 3.63) is 33.9 Å². The summed E-state index contributed by atoms with van der Waals surface area (Å²) in [5.41, 5.74) is 0.559. The third-order valence-corrected chi connectivity index (χ3v) is 2.82. The minimum Gasteiger partial charge on any atom is -0.425 e. The molecule has 5 heteroatoms. The second-order valence-corrected chi connectivity index (χ2v) is 4.04. The lowest BCUT2D eigenvalue weighted by Crippen LogP contribution is -1.93. The van der Waals surface area contributed by atoms with Crippen LogP contribution in [0.3, 0.4) is 0 Å². The first kappa shape index (κ1) is 10.4. The van der Waals surface area contributed by atoms with Crippen molar-refractivity contribution in [3.63, 3.8) is 0 Å². The maximum absolute atomic E-state index is 10.4. The Bertz CT molecular complexity index is 530. The van der Waals surface area contributed by atoms with Crippen LogP contribution < -0.4 is 4.74 Å². The molecule has 3 nitrogen and oxygen atoms in total. The van der Waals surface area contributed by atoms with Crippen LogP contribution in [0, 0.1) is 0 Å². The van der Waals surface area contributed by atoms with Gasteiger partial charge in [0.1, 0.15) is 5.52 Å². The van der Waals surface area contributed by atoms with Gasteiger partial charge in [0.05, 0.1) is 9.50 Å². The molecule has 1 aromatic heterocycles. The molecule has 0 aliphatic heterocycles. The first-order valence-corrected chi connectivity index (χ1v) is 5.24. The van der Waals surface area contributed by atoms with E-state index in [0.717, 1.165) is 5.39 Å². The maximum Gasteiger partial charge on any atom is 0.298 e. The van der Waals surface area contributed by atoms with Crippen molar-refractivity contribution in [3.8, 4) is 5.75 Å². The Hall–Kier alpha value is -1.13. The van der Waals surface area contributed by atoms with E-state index in [0.29, 0.717) is 27.2 Å². The molecule has 15 heavy (non-hydrogen) atoms. The number of fused-ring (bicyclic) bond motifs is 1. The first-order valence-electron chi connectivity index (χ1n) is 4.07. The number of rotatable bonds is 2. The van der Waals surface area contributed by atoms with Gasteiger partial charge in [-0.15, -0.1) is 0 Å². The number of benzene rings is 1. The minimum absolute atomic E-state index is 0.363. The summed E-state index contributed by atoms with van der Waals surface area (Å²) < 4.78 is 5.46. The number of carbonyl (C=O) groups is 1. The SMILES string of the molecule is O=COc1c(Br)cc(Cl)c2cccnc12. The van der Waals surface area contributed by atoms with Gasteiger partial charge in [-0.05, 0) is 34.1 Å². The van der Waals surface area contributed by atoms with E-state index in [1.54, 1.807) is 18.3 Å². The van der Waals surface area contributed by atoms with E-state index in [-0.39, 0.29) is 0 Å². The van der Waals surface area contributed by atoms with Crippen molar-refractivity contribution < 1.29 is 9.53 Å². The standard InChI is InChI=1S/C10H5BrClNO2/c11-7-4-8(12)6-2-1-3-13-9(6)10(7)15-5-14/h1-5H. The van der Waals surface area contributed by atoms with Crippen LogP contribution in [0.25, 0.3) is 10.9 Å². The Morgan fingerprint density at radius 1 is 1.53 bits per heavy atom. The Morgan fingerprint density at radius 3 is 3.07 bits per heavy atom. The molecule has 0 saturated carbocycles. The van der Waals surface area contributed by atoms with Crippen molar-refractivity contribution in [1.82, 2.24) is 4.98 Å². The Labute approximate surface area is 99.1 Å². The van der Waals surface area contributed by atoms with Crippen molar-refractivity contribution in [1.29, 1.82) is 0 Å². The molecular formula is C10H5BrClNO2. The molecule has 0 radical (unpaired) electrons. The average Bonchev–Trinajstić information content (AvgIpc) is 2.24. The van der Waals surface area contributed by atoms with Gasteiger partial charge in [0.2, 0.25) is 0 Å². The molecule has 1 heterocycles. The lowest BCUT2D eigenvalue weighted by Gasteiger charge is -2.06. The third kappa shape index (κ3) is 1.82. The number of pyridine rings is 1. The normalized spacial score (nSPS) is 10.3. The Morgan fingerprint density at radius 2 is 2.33 bits per heavy atom. The lowest BCUT2D eigenvalue weighted by atomic mass is 10.2. The Balaban J connectivity index is 2.83. The molecule has 0 aliphatic carbocycles. The average molecular weight is 287 g/mol. The predicted octanol–water partition coefficient (Wildman–Crippen LogP) is 3.19. The lowest BCUT2D eigenvalue weighted by molar-refractivity contribution is -0.120. The summed E-state index contributed by atoms with van der Waals surface area (Å²) in [4.78, 5) is 14.5. The topological polar surface area (TPSA) is 39.2 Å². The zero-order chi connectivity index (χ0) is 10.8. The summed E-state index contributed by atoms with van der Waals surface area (Å²) in [6.07, 6.45) is 1.61. The summed E-state index contributed by atoms with van der Waals surface area (Å²) in [6.45, 7) is 0.363. The zero-order valence-corrected chi connectivity index (χ0v) is 9.75. The summed E-state index contributed by atoms with van der Waals surface area (Å²) in [7, 11) is 0. The quantitative estimate of drug-likeness (QED) is 0.796. The minimum atomic E-state index is 0.363. The van der Waals surface area contributed by atoms with Crippen molar-refractivity contribution in [2.24, 2.45) is 0 Å². The van der Waals surface area contributed by atoms with E-state index in [4.69, 9.17) is 16.3 Å². The molecule has 0 fully saturated rings. The van der Waals surface area contributed by atoms with Crippen LogP contribution in [0.15, 0.2) is 28.9 Å². The van der Waals surface area contributed by atoms with E-state index in [1.165, 1.54) is 0 Å². The molecule has 0 atom stereocenters. The zero-order valence-electron chi connectivity index (χ0n) is 7.41. The van der Waals surface area contributed by atoms with Crippen molar-refractivity contribution in [2.45, 2.75) is 0 Å². The van der Waals surface area contributed by atoms with Gasteiger partial charge in [0, 0.05) is 11.6 Å². The number of hydrogen-bond donors (Lipinski definition) is 0. The van der Waals surface area contributed by atoms with Gasteiger partial charge >= 0.3 is 0 Å². The molecule has 0 spiro atoms. The largest absolute Gasteiger partial charge is 0.425 e. The second-order valence-electron chi connectivity index (χ2n) is 2.78. The smallest absolute Gasteiger partial charge is 0.298 e. The number of halogens is 2. The fourth-order valence-electron chi connectivity index (χ4n) is 1.31. The highest BCUT2D eigenvalue weighted by Crippen LogP contribution is 2.36. The fraction of sp³-hybridized carbons (Fsp3) is 0. The van der Waals surface area contributed by atoms with Crippen LogP contribution in [0.4, 0.5) is 0 Å². The van der Waals surface area contributed by atoms with Gasteiger partial charge in [-0.3, -0.25) is 9.78 Å². The summed E-state index contributed by atoms with van der Waals surface area (Å²) in [5, 5.41) is 1.31. The Kier molecular flexibility index (Phi) is 2.88.